The predicted molar refractivity (Wildman–Crippen MR) is 130 cm³/mol. The molecule has 1 heterocycles. The first kappa shape index (κ1) is 26.2. The number of methoxy groups -OCH3 is 1. The summed E-state index contributed by atoms with van der Waals surface area (Å²) in [6, 6.07) is 14.8. The number of carbonyl (C=O) groups is 2. The second kappa shape index (κ2) is 12.3. The molecule has 10 heteroatoms. The van der Waals surface area contributed by atoms with Gasteiger partial charge in [-0.2, -0.15) is 9.57 Å². The van der Waals surface area contributed by atoms with Crippen molar-refractivity contribution >= 4 is 27.6 Å². The lowest BCUT2D eigenvalue weighted by molar-refractivity contribution is -0.121. The van der Waals surface area contributed by atoms with Gasteiger partial charge in [-0.25, -0.2) is 13.2 Å². The van der Waals surface area contributed by atoms with Gasteiger partial charge in [0.2, 0.25) is 10.0 Å². The number of sulfonamides is 1. The fourth-order valence-electron chi connectivity index (χ4n) is 3.88. The zero-order valence-corrected chi connectivity index (χ0v) is 20.5. The molecule has 2 aromatic rings. The van der Waals surface area contributed by atoms with Crippen molar-refractivity contribution in [1.29, 1.82) is 5.26 Å². The number of para-hydroxylation sites is 1. The van der Waals surface area contributed by atoms with Gasteiger partial charge in [-0.3, -0.25) is 4.79 Å². The van der Waals surface area contributed by atoms with Gasteiger partial charge in [-0.05, 0) is 43.2 Å². The fraction of sp³-hybridized carbons (Fsp3) is 0.400. The number of ether oxygens (including phenoxy) is 2. The van der Waals surface area contributed by atoms with Crippen LogP contribution in [0.1, 0.15) is 42.5 Å². The maximum Gasteiger partial charge on any atom is 0.338 e. The van der Waals surface area contributed by atoms with Crippen LogP contribution in [0.4, 0.5) is 5.69 Å². The van der Waals surface area contributed by atoms with Gasteiger partial charge in [-0.15, -0.1) is 0 Å². The van der Waals surface area contributed by atoms with Crippen molar-refractivity contribution in [3.63, 3.8) is 0 Å². The topological polar surface area (TPSA) is 117 Å². The van der Waals surface area contributed by atoms with Crippen LogP contribution in [-0.2, 0) is 19.6 Å². The molecule has 1 aliphatic rings. The number of rotatable bonds is 9. The predicted octanol–water partition coefficient (Wildman–Crippen LogP) is 3.36. The molecule has 0 unspecified atom stereocenters. The molecular formula is C25H29N3O6S. The van der Waals surface area contributed by atoms with Crippen molar-refractivity contribution in [2.24, 2.45) is 0 Å². The third kappa shape index (κ3) is 6.59. The summed E-state index contributed by atoms with van der Waals surface area (Å²) in [5.41, 5.74) is 0.578. The average molecular weight is 500 g/mol. The van der Waals surface area contributed by atoms with Crippen LogP contribution in [0.15, 0.2) is 53.4 Å². The molecular weight excluding hydrogens is 470 g/mol. The lowest BCUT2D eigenvalue weighted by atomic mass is 10.2. The number of nitriles is 1. The summed E-state index contributed by atoms with van der Waals surface area (Å²) >= 11 is 0. The third-order valence-corrected chi connectivity index (χ3v) is 7.64. The smallest absolute Gasteiger partial charge is 0.338 e. The highest BCUT2D eigenvalue weighted by Crippen LogP contribution is 2.29. The Hall–Kier alpha value is -3.42. The Morgan fingerprint density at radius 1 is 1.06 bits per heavy atom. The highest BCUT2D eigenvalue weighted by molar-refractivity contribution is 7.89. The molecule has 9 nitrogen and oxygen atoms in total. The molecule has 3 rings (SSSR count). The number of hydrogen-bond acceptors (Lipinski definition) is 7. The molecule has 1 aliphatic heterocycles. The normalized spacial score (nSPS) is 14.4. The van der Waals surface area contributed by atoms with Crippen LogP contribution in [-0.4, -0.2) is 58.0 Å². The monoisotopic (exact) mass is 499 g/mol. The number of carbonyl (C=O) groups excluding carboxylic acids is 2. The molecule has 0 aliphatic carbocycles. The van der Waals surface area contributed by atoms with E-state index in [2.05, 4.69) is 0 Å². The van der Waals surface area contributed by atoms with E-state index >= 15 is 0 Å². The summed E-state index contributed by atoms with van der Waals surface area (Å²) in [7, 11) is -2.51. The van der Waals surface area contributed by atoms with Gasteiger partial charge in [0, 0.05) is 25.3 Å². The van der Waals surface area contributed by atoms with Crippen LogP contribution in [0.2, 0.25) is 0 Å². The number of anilines is 1. The van der Waals surface area contributed by atoms with Gasteiger partial charge in [-0.1, -0.05) is 31.0 Å². The highest BCUT2D eigenvalue weighted by Gasteiger charge is 2.29. The zero-order valence-electron chi connectivity index (χ0n) is 19.7. The van der Waals surface area contributed by atoms with Gasteiger partial charge >= 0.3 is 5.97 Å². The van der Waals surface area contributed by atoms with Crippen molar-refractivity contribution in [3.8, 4) is 11.8 Å². The molecule has 0 radical (unpaired) electrons. The first-order valence-corrected chi connectivity index (χ1v) is 12.9. The molecule has 0 aromatic heterocycles. The van der Waals surface area contributed by atoms with E-state index in [1.165, 1.54) is 34.5 Å². The second-order valence-corrected chi connectivity index (χ2v) is 9.96. The van der Waals surface area contributed by atoms with Crippen molar-refractivity contribution in [3.05, 3.63) is 54.1 Å². The van der Waals surface area contributed by atoms with E-state index in [4.69, 9.17) is 14.7 Å². The molecule has 0 atom stereocenters. The third-order valence-electron chi connectivity index (χ3n) is 5.73. The Kier molecular flexibility index (Phi) is 9.23. The standard InChI is InChI=1S/C25H29N3O6S/c1-33-22-13-12-20(18-23(22)35(31,32)27-15-7-2-3-8-16-27)25(30)34-19-24(29)28(17-9-14-26)21-10-5-4-6-11-21/h4-6,10-13,18H,2-3,7-9,15-17,19H2,1H3. The number of benzene rings is 2. The lowest BCUT2D eigenvalue weighted by Crippen LogP contribution is -2.35. The van der Waals surface area contributed by atoms with Crippen molar-refractivity contribution in [2.45, 2.75) is 37.0 Å². The number of hydrogen-bond donors (Lipinski definition) is 0. The van der Waals surface area contributed by atoms with E-state index in [-0.39, 0.29) is 29.2 Å². The van der Waals surface area contributed by atoms with Gasteiger partial charge in [0.1, 0.15) is 10.6 Å². The Morgan fingerprint density at radius 2 is 1.74 bits per heavy atom. The summed E-state index contributed by atoms with van der Waals surface area (Å²) in [6.45, 7) is 0.413. The van der Waals surface area contributed by atoms with Gasteiger partial charge in [0.15, 0.2) is 6.61 Å². The summed E-state index contributed by atoms with van der Waals surface area (Å²) in [4.78, 5) is 26.8. The first-order valence-electron chi connectivity index (χ1n) is 11.5. The molecule has 1 saturated heterocycles. The zero-order chi connectivity index (χ0) is 25.3. The van der Waals surface area contributed by atoms with E-state index in [1.54, 1.807) is 30.3 Å². The Balaban J connectivity index is 1.77. The summed E-state index contributed by atoms with van der Waals surface area (Å²) in [5, 5.41) is 8.92. The van der Waals surface area contributed by atoms with Crippen LogP contribution >= 0.6 is 0 Å². The van der Waals surface area contributed by atoms with Crippen LogP contribution in [0, 0.1) is 11.3 Å². The van der Waals surface area contributed by atoms with E-state index in [0.29, 0.717) is 18.8 Å². The van der Waals surface area contributed by atoms with E-state index in [1.807, 2.05) is 6.07 Å². The van der Waals surface area contributed by atoms with Gasteiger partial charge in [0.25, 0.3) is 5.91 Å². The number of nitrogens with zero attached hydrogens (tertiary/aromatic N) is 3. The lowest BCUT2D eigenvalue weighted by Gasteiger charge is -2.22. The van der Waals surface area contributed by atoms with E-state index in [0.717, 1.165) is 25.7 Å². The molecule has 0 spiro atoms. The molecule has 35 heavy (non-hydrogen) atoms. The minimum Gasteiger partial charge on any atom is -0.495 e. The van der Waals surface area contributed by atoms with Gasteiger partial charge in [0.05, 0.1) is 25.2 Å². The summed E-state index contributed by atoms with van der Waals surface area (Å²) in [6.07, 6.45) is 3.60. The fourth-order valence-corrected chi connectivity index (χ4v) is 5.58. The highest BCUT2D eigenvalue weighted by atomic mass is 32.2. The minimum absolute atomic E-state index is 0.00437. The molecule has 2 aromatic carbocycles. The molecule has 0 bridgehead atoms. The van der Waals surface area contributed by atoms with Crippen LogP contribution in [0.3, 0.4) is 0 Å². The Morgan fingerprint density at radius 3 is 2.37 bits per heavy atom. The SMILES string of the molecule is COc1ccc(C(=O)OCC(=O)N(CCC#N)c2ccccc2)cc1S(=O)(=O)N1CCCCCC1. The summed E-state index contributed by atoms with van der Waals surface area (Å²) < 4.78 is 38.5. The first-order chi connectivity index (χ1) is 16.9. The maximum atomic E-state index is 13.3. The quantitative estimate of drug-likeness (QED) is 0.486. The minimum atomic E-state index is -3.88. The Bertz CT molecular complexity index is 1170. The largest absolute Gasteiger partial charge is 0.495 e. The van der Waals surface area contributed by atoms with Gasteiger partial charge < -0.3 is 14.4 Å². The Labute approximate surface area is 205 Å². The maximum absolute atomic E-state index is 13.3. The van der Waals surface area contributed by atoms with Crippen LogP contribution in [0.25, 0.3) is 0 Å². The molecule has 1 amide bonds. The van der Waals surface area contributed by atoms with E-state index in [9.17, 15) is 18.0 Å². The molecule has 1 fully saturated rings. The van der Waals surface area contributed by atoms with Crippen molar-refractivity contribution in [1.82, 2.24) is 4.31 Å². The second-order valence-electron chi connectivity index (χ2n) is 8.05. The van der Waals surface area contributed by atoms with Crippen molar-refractivity contribution < 1.29 is 27.5 Å². The van der Waals surface area contributed by atoms with Crippen molar-refractivity contribution in [2.75, 3.05) is 38.3 Å². The van der Waals surface area contributed by atoms with Crippen LogP contribution in [0.5, 0.6) is 5.75 Å². The van der Waals surface area contributed by atoms with Crippen LogP contribution < -0.4 is 9.64 Å². The number of amides is 1. The molecule has 0 saturated carbocycles. The average Bonchev–Trinajstić information content (AvgIpc) is 3.18. The number of esters is 1. The van der Waals surface area contributed by atoms with E-state index < -0.39 is 28.5 Å². The molecule has 0 N–H and O–H groups in total. The molecule has 186 valence electrons. The summed E-state index contributed by atoms with van der Waals surface area (Å²) in [5.74, 6) is -1.19.